The Morgan fingerprint density at radius 1 is 1.56 bits per heavy atom. The van der Waals surface area contributed by atoms with Crippen molar-refractivity contribution in [3.63, 3.8) is 0 Å². The standard InChI is InChI=1S/C13H17FN2O2/c1-18-12-7-9(4-5-11(12)14)13(17)16-10-3-2-6-15-8-10/h4-5,7,10,15H,2-3,6,8H2,1H3,(H,16,17)/t10-/m0/s1. The zero-order chi connectivity index (χ0) is 13.0. The highest BCUT2D eigenvalue weighted by molar-refractivity contribution is 5.94. The van der Waals surface area contributed by atoms with Gasteiger partial charge in [-0.15, -0.1) is 0 Å². The predicted octanol–water partition coefficient (Wildman–Crippen LogP) is 1.32. The van der Waals surface area contributed by atoms with Crippen LogP contribution in [0.25, 0.3) is 0 Å². The normalized spacial score (nSPS) is 19.3. The molecule has 1 aliphatic rings. The van der Waals surface area contributed by atoms with Gasteiger partial charge in [0, 0.05) is 18.2 Å². The summed E-state index contributed by atoms with van der Waals surface area (Å²) in [6.07, 6.45) is 2.02. The minimum absolute atomic E-state index is 0.0874. The van der Waals surface area contributed by atoms with E-state index in [2.05, 4.69) is 10.6 Å². The zero-order valence-corrected chi connectivity index (χ0v) is 10.3. The number of rotatable bonds is 3. The molecule has 0 saturated carbocycles. The number of carbonyl (C=O) groups is 1. The average Bonchev–Trinajstić information content (AvgIpc) is 2.40. The minimum Gasteiger partial charge on any atom is -0.494 e. The van der Waals surface area contributed by atoms with Gasteiger partial charge in [-0.2, -0.15) is 0 Å². The van der Waals surface area contributed by atoms with Gasteiger partial charge in [0.25, 0.3) is 5.91 Å². The molecular weight excluding hydrogens is 235 g/mol. The number of amides is 1. The maximum absolute atomic E-state index is 13.2. The summed E-state index contributed by atoms with van der Waals surface area (Å²) in [6, 6.07) is 4.26. The summed E-state index contributed by atoms with van der Waals surface area (Å²) in [4.78, 5) is 12.0. The summed E-state index contributed by atoms with van der Waals surface area (Å²) in [5, 5.41) is 6.15. The Kier molecular flexibility index (Phi) is 4.15. The van der Waals surface area contributed by atoms with Crippen molar-refractivity contribution < 1.29 is 13.9 Å². The Morgan fingerprint density at radius 3 is 3.06 bits per heavy atom. The molecule has 1 atom stereocenters. The minimum atomic E-state index is -0.464. The van der Waals surface area contributed by atoms with Crippen molar-refractivity contribution >= 4 is 5.91 Å². The van der Waals surface area contributed by atoms with Gasteiger partial charge in [-0.25, -0.2) is 4.39 Å². The van der Waals surface area contributed by atoms with Crippen LogP contribution in [-0.2, 0) is 0 Å². The molecule has 0 spiro atoms. The molecule has 0 aromatic heterocycles. The molecule has 1 aromatic rings. The van der Waals surface area contributed by atoms with Crippen molar-refractivity contribution in [2.75, 3.05) is 20.2 Å². The number of ether oxygens (including phenoxy) is 1. The van der Waals surface area contributed by atoms with Crippen LogP contribution in [-0.4, -0.2) is 32.1 Å². The number of hydrogen-bond donors (Lipinski definition) is 2. The number of methoxy groups -OCH3 is 1. The highest BCUT2D eigenvalue weighted by Crippen LogP contribution is 2.18. The third-order valence-electron chi connectivity index (χ3n) is 3.05. The van der Waals surface area contributed by atoms with Crippen molar-refractivity contribution in [3.05, 3.63) is 29.6 Å². The molecule has 1 aliphatic heterocycles. The van der Waals surface area contributed by atoms with E-state index < -0.39 is 5.82 Å². The van der Waals surface area contributed by atoms with E-state index in [1.54, 1.807) is 0 Å². The molecule has 2 rings (SSSR count). The van der Waals surface area contributed by atoms with Crippen LogP contribution >= 0.6 is 0 Å². The molecule has 1 heterocycles. The summed E-state index contributed by atoms with van der Waals surface area (Å²) in [5.41, 5.74) is 0.416. The Morgan fingerprint density at radius 2 is 2.39 bits per heavy atom. The van der Waals surface area contributed by atoms with Gasteiger partial charge in [-0.1, -0.05) is 0 Å². The molecule has 0 aliphatic carbocycles. The second kappa shape index (κ2) is 5.82. The maximum atomic E-state index is 13.2. The molecule has 5 heteroatoms. The van der Waals surface area contributed by atoms with E-state index in [9.17, 15) is 9.18 Å². The molecular formula is C13H17FN2O2. The fourth-order valence-electron chi connectivity index (χ4n) is 2.04. The smallest absolute Gasteiger partial charge is 0.251 e. The molecule has 1 fully saturated rings. The van der Waals surface area contributed by atoms with Crippen LogP contribution in [0.3, 0.4) is 0 Å². The van der Waals surface area contributed by atoms with Gasteiger partial charge >= 0.3 is 0 Å². The van der Waals surface area contributed by atoms with E-state index in [1.165, 1.54) is 25.3 Å². The van der Waals surface area contributed by atoms with Gasteiger partial charge in [0.2, 0.25) is 0 Å². The first-order valence-corrected chi connectivity index (χ1v) is 6.06. The van der Waals surface area contributed by atoms with Gasteiger partial charge in [0.15, 0.2) is 11.6 Å². The first-order chi connectivity index (χ1) is 8.70. The van der Waals surface area contributed by atoms with Crippen molar-refractivity contribution in [2.24, 2.45) is 0 Å². The lowest BCUT2D eigenvalue weighted by atomic mass is 10.1. The number of piperidine rings is 1. The van der Waals surface area contributed by atoms with Crippen molar-refractivity contribution in [2.45, 2.75) is 18.9 Å². The molecule has 2 N–H and O–H groups in total. The Bertz CT molecular complexity index is 431. The van der Waals surface area contributed by atoms with E-state index in [0.717, 1.165) is 25.9 Å². The molecule has 0 unspecified atom stereocenters. The lowest BCUT2D eigenvalue weighted by Gasteiger charge is -2.23. The van der Waals surface area contributed by atoms with Crippen LogP contribution in [0.15, 0.2) is 18.2 Å². The molecule has 1 amide bonds. The SMILES string of the molecule is COc1cc(C(=O)N[C@H]2CCCNC2)ccc1F. The van der Waals surface area contributed by atoms with Gasteiger partial charge in [-0.05, 0) is 37.6 Å². The number of hydrogen-bond acceptors (Lipinski definition) is 3. The average molecular weight is 252 g/mol. The highest BCUT2D eigenvalue weighted by Gasteiger charge is 2.17. The number of carbonyl (C=O) groups excluding carboxylic acids is 1. The fraction of sp³-hybridized carbons (Fsp3) is 0.462. The lowest BCUT2D eigenvalue weighted by molar-refractivity contribution is 0.0930. The van der Waals surface area contributed by atoms with Crippen molar-refractivity contribution in [3.8, 4) is 5.75 Å². The quantitative estimate of drug-likeness (QED) is 0.853. The van der Waals surface area contributed by atoms with Crippen LogP contribution in [0.5, 0.6) is 5.75 Å². The molecule has 18 heavy (non-hydrogen) atoms. The van der Waals surface area contributed by atoms with Crippen molar-refractivity contribution in [1.82, 2.24) is 10.6 Å². The first kappa shape index (κ1) is 12.8. The zero-order valence-electron chi connectivity index (χ0n) is 10.3. The third-order valence-corrected chi connectivity index (χ3v) is 3.05. The number of halogens is 1. The Hall–Kier alpha value is -1.62. The fourth-order valence-corrected chi connectivity index (χ4v) is 2.04. The molecule has 0 radical (unpaired) electrons. The van der Waals surface area contributed by atoms with E-state index in [-0.39, 0.29) is 17.7 Å². The van der Waals surface area contributed by atoms with Crippen LogP contribution < -0.4 is 15.4 Å². The van der Waals surface area contributed by atoms with Gasteiger partial charge in [0.05, 0.1) is 7.11 Å². The number of benzene rings is 1. The van der Waals surface area contributed by atoms with Gasteiger partial charge < -0.3 is 15.4 Å². The van der Waals surface area contributed by atoms with E-state index >= 15 is 0 Å². The second-order valence-corrected chi connectivity index (χ2v) is 4.37. The van der Waals surface area contributed by atoms with Crippen molar-refractivity contribution in [1.29, 1.82) is 0 Å². The Balaban J connectivity index is 2.03. The summed E-state index contributed by atoms with van der Waals surface area (Å²) in [5.74, 6) is -0.570. The van der Waals surface area contributed by atoms with Crippen LogP contribution in [0.1, 0.15) is 23.2 Å². The molecule has 0 bridgehead atoms. The van der Waals surface area contributed by atoms with Crippen LogP contribution in [0, 0.1) is 5.82 Å². The third kappa shape index (κ3) is 2.98. The van der Waals surface area contributed by atoms with Crippen LogP contribution in [0.2, 0.25) is 0 Å². The maximum Gasteiger partial charge on any atom is 0.251 e. The summed E-state index contributed by atoms with van der Waals surface area (Å²) < 4.78 is 18.1. The lowest BCUT2D eigenvalue weighted by Crippen LogP contribution is -2.45. The molecule has 98 valence electrons. The summed E-state index contributed by atoms with van der Waals surface area (Å²) in [7, 11) is 1.38. The van der Waals surface area contributed by atoms with E-state index in [0.29, 0.717) is 5.56 Å². The summed E-state index contributed by atoms with van der Waals surface area (Å²) in [6.45, 7) is 1.78. The molecule has 4 nitrogen and oxygen atoms in total. The first-order valence-electron chi connectivity index (χ1n) is 6.06. The number of nitrogens with one attached hydrogen (secondary N) is 2. The second-order valence-electron chi connectivity index (χ2n) is 4.37. The van der Waals surface area contributed by atoms with E-state index in [4.69, 9.17) is 4.74 Å². The Labute approximate surface area is 106 Å². The van der Waals surface area contributed by atoms with Gasteiger partial charge in [-0.3, -0.25) is 4.79 Å². The largest absolute Gasteiger partial charge is 0.494 e. The van der Waals surface area contributed by atoms with E-state index in [1.807, 2.05) is 0 Å². The van der Waals surface area contributed by atoms with Crippen LogP contribution in [0.4, 0.5) is 4.39 Å². The van der Waals surface area contributed by atoms with Gasteiger partial charge in [0.1, 0.15) is 0 Å². The summed E-state index contributed by atoms with van der Waals surface area (Å²) >= 11 is 0. The molecule has 1 aromatic carbocycles. The predicted molar refractivity (Wildman–Crippen MR) is 66.3 cm³/mol. The molecule has 1 saturated heterocycles. The monoisotopic (exact) mass is 252 g/mol. The highest BCUT2D eigenvalue weighted by atomic mass is 19.1. The topological polar surface area (TPSA) is 50.4 Å².